The molecule has 1 aromatic rings. The summed E-state index contributed by atoms with van der Waals surface area (Å²) in [5, 5.41) is 2.97. The topological polar surface area (TPSA) is 32.3 Å². The summed E-state index contributed by atoms with van der Waals surface area (Å²) in [4.78, 5) is 14.4. The number of benzene rings is 1. The fourth-order valence-electron chi connectivity index (χ4n) is 2.23. The Morgan fingerprint density at radius 1 is 1.25 bits per heavy atom. The Kier molecular flexibility index (Phi) is 6.65. The normalized spacial score (nSPS) is 12.8. The third-order valence-electron chi connectivity index (χ3n) is 3.26. The zero-order valence-corrected chi connectivity index (χ0v) is 12.8. The number of halogens is 1. The third kappa shape index (κ3) is 5.29. The van der Waals surface area contributed by atoms with Gasteiger partial charge in [-0.2, -0.15) is 0 Å². The van der Waals surface area contributed by atoms with Crippen molar-refractivity contribution in [1.29, 1.82) is 0 Å². The van der Waals surface area contributed by atoms with E-state index in [2.05, 4.69) is 10.2 Å². The average Bonchev–Trinajstić information content (AvgIpc) is 2.36. The smallest absolute Gasteiger partial charge is 0.227 e. The first-order valence-electron chi connectivity index (χ1n) is 7.09. The maximum absolute atomic E-state index is 13.0. The van der Waals surface area contributed by atoms with Gasteiger partial charge in [0.05, 0.1) is 5.92 Å². The lowest BCUT2D eigenvalue weighted by molar-refractivity contribution is -0.123. The van der Waals surface area contributed by atoms with Crippen LogP contribution in [-0.4, -0.2) is 38.0 Å². The molecular formula is C16H25FN2O. The number of carbonyl (C=O) groups is 1. The molecule has 1 rings (SSSR count). The predicted octanol–water partition coefficient (Wildman–Crippen LogP) is 2.63. The second-order valence-electron chi connectivity index (χ2n) is 5.72. The van der Waals surface area contributed by atoms with Crippen LogP contribution in [0.4, 0.5) is 4.39 Å². The first-order valence-corrected chi connectivity index (χ1v) is 7.09. The number of nitrogens with one attached hydrogen (secondary N) is 1. The van der Waals surface area contributed by atoms with Crippen molar-refractivity contribution in [3.05, 3.63) is 35.6 Å². The van der Waals surface area contributed by atoms with Crippen LogP contribution in [0.2, 0.25) is 0 Å². The van der Waals surface area contributed by atoms with Crippen LogP contribution in [0, 0.1) is 11.7 Å². The Hall–Kier alpha value is -1.42. The summed E-state index contributed by atoms with van der Waals surface area (Å²) in [5.41, 5.74) is 0.867. The molecule has 0 saturated heterocycles. The lowest BCUT2D eigenvalue weighted by Crippen LogP contribution is -2.33. The van der Waals surface area contributed by atoms with Crippen LogP contribution >= 0.6 is 0 Å². The van der Waals surface area contributed by atoms with Crippen molar-refractivity contribution in [3.8, 4) is 0 Å². The first-order chi connectivity index (χ1) is 9.41. The van der Waals surface area contributed by atoms with Crippen LogP contribution < -0.4 is 5.32 Å². The minimum Gasteiger partial charge on any atom is -0.356 e. The molecule has 1 atom stereocenters. The highest BCUT2D eigenvalue weighted by Crippen LogP contribution is 2.24. The van der Waals surface area contributed by atoms with Gasteiger partial charge in [-0.25, -0.2) is 4.39 Å². The summed E-state index contributed by atoms with van der Waals surface area (Å²) in [5.74, 6) is -0.308. The van der Waals surface area contributed by atoms with Gasteiger partial charge in [-0.15, -0.1) is 0 Å². The fraction of sp³-hybridized carbons (Fsp3) is 0.562. The Labute approximate surface area is 121 Å². The van der Waals surface area contributed by atoms with Gasteiger partial charge in [-0.05, 0) is 50.7 Å². The zero-order valence-electron chi connectivity index (χ0n) is 12.8. The summed E-state index contributed by atoms with van der Waals surface area (Å²) in [6.07, 6.45) is 0.924. The molecule has 1 N–H and O–H groups in total. The summed E-state index contributed by atoms with van der Waals surface area (Å²) >= 11 is 0. The van der Waals surface area contributed by atoms with E-state index in [0.29, 0.717) is 6.54 Å². The van der Waals surface area contributed by atoms with Gasteiger partial charge >= 0.3 is 0 Å². The van der Waals surface area contributed by atoms with Crippen LogP contribution in [0.25, 0.3) is 0 Å². The van der Waals surface area contributed by atoms with Gasteiger partial charge in [0.25, 0.3) is 0 Å². The van der Waals surface area contributed by atoms with Crippen LogP contribution in [0.1, 0.15) is 31.7 Å². The molecule has 0 aliphatic heterocycles. The van der Waals surface area contributed by atoms with Crippen LogP contribution in [0.5, 0.6) is 0 Å². The van der Waals surface area contributed by atoms with Crippen molar-refractivity contribution in [3.63, 3.8) is 0 Å². The van der Waals surface area contributed by atoms with E-state index in [-0.39, 0.29) is 23.6 Å². The highest BCUT2D eigenvalue weighted by Gasteiger charge is 2.23. The molecule has 0 spiro atoms. The molecule has 3 nitrogen and oxygen atoms in total. The molecule has 1 amide bonds. The lowest BCUT2D eigenvalue weighted by Gasteiger charge is -2.21. The molecule has 0 saturated carbocycles. The summed E-state index contributed by atoms with van der Waals surface area (Å²) < 4.78 is 13.0. The monoisotopic (exact) mass is 280 g/mol. The number of hydrogen-bond donors (Lipinski definition) is 1. The predicted molar refractivity (Wildman–Crippen MR) is 80.2 cm³/mol. The molecule has 4 heteroatoms. The van der Waals surface area contributed by atoms with Gasteiger partial charge in [-0.3, -0.25) is 4.79 Å². The molecule has 0 fully saturated rings. The van der Waals surface area contributed by atoms with Crippen molar-refractivity contribution < 1.29 is 9.18 Å². The molecule has 0 heterocycles. The first kappa shape index (κ1) is 16.6. The summed E-state index contributed by atoms with van der Waals surface area (Å²) in [6, 6.07) is 6.20. The van der Waals surface area contributed by atoms with Crippen molar-refractivity contribution in [2.24, 2.45) is 5.92 Å². The molecule has 1 aromatic carbocycles. The highest BCUT2D eigenvalue weighted by molar-refractivity contribution is 5.83. The third-order valence-corrected chi connectivity index (χ3v) is 3.26. The maximum Gasteiger partial charge on any atom is 0.227 e. The molecular weight excluding hydrogens is 255 g/mol. The van der Waals surface area contributed by atoms with E-state index in [4.69, 9.17) is 0 Å². The fourth-order valence-corrected chi connectivity index (χ4v) is 2.23. The molecule has 20 heavy (non-hydrogen) atoms. The number of hydrogen-bond acceptors (Lipinski definition) is 2. The molecule has 0 aliphatic carbocycles. The van der Waals surface area contributed by atoms with E-state index >= 15 is 0 Å². The maximum atomic E-state index is 13.0. The van der Waals surface area contributed by atoms with E-state index in [1.807, 2.05) is 27.9 Å². The molecule has 1 unspecified atom stereocenters. The van der Waals surface area contributed by atoms with E-state index in [1.165, 1.54) is 12.1 Å². The van der Waals surface area contributed by atoms with Gasteiger partial charge in [0.2, 0.25) is 5.91 Å². The molecule has 0 aliphatic rings. The van der Waals surface area contributed by atoms with Crippen LogP contribution in [0.15, 0.2) is 24.3 Å². The minimum absolute atomic E-state index is 0.0189. The number of carbonyl (C=O) groups excluding carboxylic acids is 1. The van der Waals surface area contributed by atoms with E-state index < -0.39 is 0 Å². The number of nitrogens with zero attached hydrogens (tertiary/aromatic N) is 1. The van der Waals surface area contributed by atoms with Gasteiger partial charge < -0.3 is 10.2 Å². The second-order valence-corrected chi connectivity index (χ2v) is 5.72. The molecule has 112 valence electrons. The SMILES string of the molecule is CC(C)C(C(=O)NCCCN(C)C)c1ccc(F)cc1. The number of rotatable bonds is 7. The quantitative estimate of drug-likeness (QED) is 0.779. The molecule has 0 aromatic heterocycles. The van der Waals surface area contributed by atoms with Crippen molar-refractivity contribution >= 4 is 5.91 Å². The van der Waals surface area contributed by atoms with E-state index in [9.17, 15) is 9.18 Å². The van der Waals surface area contributed by atoms with E-state index in [0.717, 1.165) is 18.5 Å². The van der Waals surface area contributed by atoms with Gasteiger partial charge in [0, 0.05) is 6.54 Å². The second kappa shape index (κ2) is 8.00. The molecule has 0 bridgehead atoms. The number of amides is 1. The molecule has 0 radical (unpaired) electrons. The van der Waals surface area contributed by atoms with E-state index in [1.54, 1.807) is 12.1 Å². The Balaban J connectivity index is 2.62. The zero-order chi connectivity index (χ0) is 15.1. The highest BCUT2D eigenvalue weighted by atomic mass is 19.1. The Morgan fingerprint density at radius 2 is 1.85 bits per heavy atom. The lowest BCUT2D eigenvalue weighted by atomic mass is 9.87. The van der Waals surface area contributed by atoms with Crippen LogP contribution in [-0.2, 0) is 4.79 Å². The van der Waals surface area contributed by atoms with Crippen LogP contribution in [0.3, 0.4) is 0 Å². The van der Waals surface area contributed by atoms with Crippen molar-refractivity contribution in [1.82, 2.24) is 10.2 Å². The summed E-state index contributed by atoms with van der Waals surface area (Å²) in [7, 11) is 4.02. The van der Waals surface area contributed by atoms with Gasteiger partial charge in [0.1, 0.15) is 5.82 Å². The Bertz CT molecular complexity index is 415. The average molecular weight is 280 g/mol. The van der Waals surface area contributed by atoms with Crippen molar-refractivity contribution in [2.45, 2.75) is 26.2 Å². The van der Waals surface area contributed by atoms with Gasteiger partial charge in [-0.1, -0.05) is 26.0 Å². The van der Waals surface area contributed by atoms with Crippen molar-refractivity contribution in [2.75, 3.05) is 27.2 Å². The summed E-state index contributed by atoms with van der Waals surface area (Å²) in [6.45, 7) is 5.63. The Morgan fingerprint density at radius 3 is 2.35 bits per heavy atom. The minimum atomic E-state index is -0.275. The van der Waals surface area contributed by atoms with Gasteiger partial charge in [0.15, 0.2) is 0 Å². The standard InChI is InChI=1S/C16H25FN2O/c1-12(2)15(13-6-8-14(17)9-7-13)16(20)18-10-5-11-19(3)4/h6-9,12,15H,5,10-11H2,1-4H3,(H,18,20). The largest absolute Gasteiger partial charge is 0.356 e.